The molecule has 0 spiro atoms. The van der Waals surface area contributed by atoms with Gasteiger partial charge in [-0.05, 0) is 32.1 Å². The standard InChI is InChI=1S/C10H23NSi.BrH/c1-4-5-7-11-8-6-9-12(2,3)10-11;/h4-10H2,1-3H3;1H. The molecule has 13 heavy (non-hydrogen) atoms. The van der Waals surface area contributed by atoms with Gasteiger partial charge in [0.15, 0.2) is 0 Å². The van der Waals surface area contributed by atoms with E-state index in [-0.39, 0.29) is 17.0 Å². The number of unbranched alkanes of at least 4 members (excludes halogenated alkanes) is 1. The Kier molecular flexibility index (Phi) is 6.51. The first kappa shape index (κ1) is 13.7. The Balaban J connectivity index is 0.00000144. The molecule has 0 aromatic heterocycles. The zero-order valence-electron chi connectivity index (χ0n) is 9.31. The van der Waals surface area contributed by atoms with Crippen molar-refractivity contribution in [2.24, 2.45) is 0 Å². The minimum absolute atomic E-state index is 0. The Bertz CT molecular complexity index is 139. The van der Waals surface area contributed by atoms with E-state index >= 15 is 0 Å². The summed E-state index contributed by atoms with van der Waals surface area (Å²) in [6.07, 6.45) is 5.65. The first-order valence-corrected chi connectivity index (χ1v) is 8.78. The molecule has 3 heteroatoms. The van der Waals surface area contributed by atoms with Crippen LogP contribution in [0.5, 0.6) is 0 Å². The fourth-order valence-electron chi connectivity index (χ4n) is 2.12. The van der Waals surface area contributed by atoms with Gasteiger partial charge in [0.1, 0.15) is 0 Å². The van der Waals surface area contributed by atoms with Gasteiger partial charge in [0.05, 0.1) is 8.07 Å². The predicted octanol–water partition coefficient (Wildman–Crippen LogP) is 3.32. The topological polar surface area (TPSA) is 3.24 Å². The summed E-state index contributed by atoms with van der Waals surface area (Å²) in [4.78, 5) is 2.69. The summed E-state index contributed by atoms with van der Waals surface area (Å²) in [5.74, 6) is 0. The van der Waals surface area contributed by atoms with Gasteiger partial charge in [0, 0.05) is 0 Å². The van der Waals surface area contributed by atoms with Crippen LogP contribution in [0.3, 0.4) is 0 Å². The number of hydrogen-bond donors (Lipinski definition) is 0. The van der Waals surface area contributed by atoms with Gasteiger partial charge < -0.3 is 4.90 Å². The normalized spacial score (nSPS) is 22.4. The molecule has 0 unspecified atom stereocenters. The van der Waals surface area contributed by atoms with Crippen molar-refractivity contribution in [3.8, 4) is 0 Å². The summed E-state index contributed by atoms with van der Waals surface area (Å²) < 4.78 is 0. The summed E-state index contributed by atoms with van der Waals surface area (Å²) >= 11 is 0. The Morgan fingerprint density at radius 3 is 2.54 bits per heavy atom. The van der Waals surface area contributed by atoms with Gasteiger partial charge in [-0.15, -0.1) is 17.0 Å². The minimum atomic E-state index is -0.778. The molecule has 0 N–H and O–H groups in total. The van der Waals surface area contributed by atoms with Crippen LogP contribution >= 0.6 is 17.0 Å². The number of hydrogen-bond acceptors (Lipinski definition) is 1. The third kappa shape index (κ3) is 5.18. The minimum Gasteiger partial charge on any atom is -0.306 e. The fraction of sp³-hybridized carbons (Fsp3) is 1.00. The van der Waals surface area contributed by atoms with Crippen LogP contribution in [0, 0.1) is 0 Å². The molecule has 1 nitrogen and oxygen atoms in total. The first-order chi connectivity index (χ1) is 5.64. The van der Waals surface area contributed by atoms with Crippen LogP contribution in [0.4, 0.5) is 0 Å². The van der Waals surface area contributed by atoms with Gasteiger partial charge in [0.25, 0.3) is 0 Å². The second-order valence-corrected chi connectivity index (χ2v) is 10.0. The lowest BCUT2D eigenvalue weighted by Crippen LogP contribution is -2.47. The summed E-state index contributed by atoms with van der Waals surface area (Å²) in [6, 6.07) is 1.55. The molecule has 1 fully saturated rings. The number of halogens is 1. The van der Waals surface area contributed by atoms with Crippen LogP contribution in [-0.2, 0) is 0 Å². The van der Waals surface area contributed by atoms with E-state index in [1.165, 1.54) is 38.5 Å². The lowest BCUT2D eigenvalue weighted by Gasteiger charge is -2.36. The third-order valence-electron chi connectivity index (χ3n) is 2.81. The van der Waals surface area contributed by atoms with Crippen molar-refractivity contribution in [1.82, 2.24) is 4.90 Å². The number of nitrogens with zero attached hydrogens (tertiary/aromatic N) is 1. The van der Waals surface area contributed by atoms with Crippen molar-refractivity contribution in [1.29, 1.82) is 0 Å². The lowest BCUT2D eigenvalue weighted by molar-refractivity contribution is 0.293. The molecule has 0 aromatic carbocycles. The third-order valence-corrected chi connectivity index (χ3v) is 5.82. The van der Waals surface area contributed by atoms with Crippen molar-refractivity contribution in [3.63, 3.8) is 0 Å². The monoisotopic (exact) mass is 265 g/mol. The molecule has 0 amide bonds. The second-order valence-electron chi connectivity index (χ2n) is 4.90. The Morgan fingerprint density at radius 1 is 1.31 bits per heavy atom. The maximum atomic E-state index is 2.69. The van der Waals surface area contributed by atoms with Gasteiger partial charge in [-0.2, -0.15) is 0 Å². The molecular formula is C10H24BrNSi. The van der Waals surface area contributed by atoms with Gasteiger partial charge in [-0.1, -0.05) is 32.5 Å². The SMILES string of the molecule is Br.CCCCN1CCC[Si](C)(C)C1. The predicted molar refractivity (Wildman–Crippen MR) is 68.6 cm³/mol. The molecule has 1 aliphatic heterocycles. The van der Waals surface area contributed by atoms with Crippen molar-refractivity contribution < 1.29 is 0 Å². The zero-order valence-corrected chi connectivity index (χ0v) is 12.0. The van der Waals surface area contributed by atoms with E-state index in [1.54, 1.807) is 6.04 Å². The average Bonchev–Trinajstić information content (AvgIpc) is 1.99. The molecule has 0 aliphatic carbocycles. The smallest absolute Gasteiger partial charge is 0.0630 e. The van der Waals surface area contributed by atoms with Gasteiger partial charge in [-0.25, -0.2) is 0 Å². The summed E-state index contributed by atoms with van der Waals surface area (Å²) in [5.41, 5.74) is 0. The molecule has 80 valence electrons. The van der Waals surface area contributed by atoms with Gasteiger partial charge >= 0.3 is 0 Å². The molecule has 1 aliphatic rings. The summed E-state index contributed by atoms with van der Waals surface area (Å²) in [7, 11) is -0.778. The molecule has 1 rings (SSSR count). The largest absolute Gasteiger partial charge is 0.306 e. The van der Waals surface area contributed by atoms with E-state index in [2.05, 4.69) is 24.9 Å². The molecule has 1 saturated heterocycles. The molecular weight excluding hydrogens is 242 g/mol. The molecule has 0 bridgehead atoms. The first-order valence-electron chi connectivity index (χ1n) is 5.36. The van der Waals surface area contributed by atoms with Crippen LogP contribution in [0.15, 0.2) is 0 Å². The van der Waals surface area contributed by atoms with Crippen molar-refractivity contribution in [2.45, 2.75) is 45.3 Å². The van der Waals surface area contributed by atoms with E-state index in [4.69, 9.17) is 0 Å². The Hall–Kier alpha value is 0.657. The highest BCUT2D eigenvalue weighted by molar-refractivity contribution is 8.93. The highest BCUT2D eigenvalue weighted by Gasteiger charge is 2.27. The molecule has 1 heterocycles. The lowest BCUT2D eigenvalue weighted by atomic mass is 10.3. The van der Waals surface area contributed by atoms with Crippen LogP contribution in [0.1, 0.15) is 26.2 Å². The summed E-state index contributed by atoms with van der Waals surface area (Å²) in [6.45, 7) is 10.1. The number of rotatable bonds is 3. The molecule has 0 atom stereocenters. The molecule has 0 aromatic rings. The van der Waals surface area contributed by atoms with Gasteiger partial charge in [0.2, 0.25) is 0 Å². The fourth-order valence-corrected chi connectivity index (χ4v) is 4.92. The van der Waals surface area contributed by atoms with Crippen molar-refractivity contribution >= 4 is 25.1 Å². The maximum absolute atomic E-state index is 2.69. The van der Waals surface area contributed by atoms with E-state index < -0.39 is 8.07 Å². The van der Waals surface area contributed by atoms with Crippen LogP contribution in [0.25, 0.3) is 0 Å². The quantitative estimate of drug-likeness (QED) is 0.708. The van der Waals surface area contributed by atoms with Gasteiger partial charge in [-0.3, -0.25) is 0 Å². The second kappa shape index (κ2) is 6.20. The van der Waals surface area contributed by atoms with E-state index in [0.717, 1.165) is 0 Å². The molecule has 0 radical (unpaired) electrons. The van der Waals surface area contributed by atoms with Crippen molar-refractivity contribution in [2.75, 3.05) is 19.3 Å². The zero-order chi connectivity index (χ0) is 9.03. The highest BCUT2D eigenvalue weighted by Crippen LogP contribution is 2.19. The van der Waals surface area contributed by atoms with Crippen molar-refractivity contribution in [3.05, 3.63) is 0 Å². The van der Waals surface area contributed by atoms with E-state index in [9.17, 15) is 0 Å². The highest BCUT2D eigenvalue weighted by atomic mass is 79.9. The van der Waals surface area contributed by atoms with Crippen LogP contribution in [0.2, 0.25) is 19.1 Å². The van der Waals surface area contributed by atoms with E-state index in [1.807, 2.05) is 0 Å². The van der Waals surface area contributed by atoms with Crippen LogP contribution in [-0.4, -0.2) is 32.2 Å². The maximum Gasteiger partial charge on any atom is 0.0630 e. The van der Waals surface area contributed by atoms with Crippen LogP contribution < -0.4 is 0 Å². The molecule has 0 saturated carbocycles. The van der Waals surface area contributed by atoms with E-state index in [0.29, 0.717) is 0 Å². The average molecular weight is 266 g/mol. The summed E-state index contributed by atoms with van der Waals surface area (Å²) in [5, 5.41) is 0. The Labute approximate surface area is 94.7 Å². The Morgan fingerprint density at radius 2 is 2.00 bits per heavy atom.